The number of hydrogen-bond donors (Lipinski definition) is 2. The third-order valence-corrected chi connectivity index (χ3v) is 7.99. The van der Waals surface area contributed by atoms with Gasteiger partial charge >= 0.3 is 41.5 Å². The van der Waals surface area contributed by atoms with Crippen LogP contribution in [0.4, 0.5) is 0 Å². The Morgan fingerprint density at radius 2 is 0.896 bits per heavy atom. The van der Waals surface area contributed by atoms with Gasteiger partial charge < -0.3 is 9.97 Å². The summed E-state index contributed by atoms with van der Waals surface area (Å²) in [5, 5.41) is 2.45. The molecule has 8 bridgehead atoms. The quantitative estimate of drug-likeness (QED) is 0.130. The van der Waals surface area contributed by atoms with E-state index in [1.165, 1.54) is 0 Å². The average molecular weight is 740 g/mol. The van der Waals surface area contributed by atoms with Crippen LogP contribution in [0.25, 0.3) is 89.7 Å². The molecule has 3 aromatic heterocycles. The molecule has 2 N–H and O–H groups in total. The summed E-state index contributed by atoms with van der Waals surface area (Å²) >= 11 is 9.76. The van der Waals surface area contributed by atoms with Crippen molar-refractivity contribution in [1.82, 2.24) is 39.9 Å². The van der Waals surface area contributed by atoms with E-state index in [9.17, 15) is 13.2 Å². The first-order valence-electron chi connectivity index (χ1n) is 14.2. The fourth-order valence-corrected chi connectivity index (χ4v) is 6.01. The molecule has 7 aromatic rings. The van der Waals surface area contributed by atoms with E-state index in [4.69, 9.17) is 41.5 Å². The topological polar surface area (TPSA) is 160 Å². The van der Waals surface area contributed by atoms with Crippen molar-refractivity contribution in [3.63, 3.8) is 0 Å². The van der Waals surface area contributed by atoms with Gasteiger partial charge in [0.15, 0.2) is 23.3 Å². The van der Waals surface area contributed by atoms with E-state index in [0.29, 0.717) is 62.2 Å². The second kappa shape index (κ2) is 11.6. The van der Waals surface area contributed by atoms with E-state index >= 15 is 0 Å². The SMILES string of the molecule is O=C(Cl)c1cccc2c3nc4nc(nc5[nH]c(nc6nc(nc([nH]3)c12)-c1ccccc1-6)c1ccccc51)-c1ccccc1-4.O=[S](=O)(Cl)[Cu]. The first-order valence-corrected chi connectivity index (χ1v) is 17.8. The van der Waals surface area contributed by atoms with Crippen LogP contribution >= 0.6 is 22.3 Å². The van der Waals surface area contributed by atoms with Crippen molar-refractivity contribution in [3.8, 4) is 45.6 Å². The van der Waals surface area contributed by atoms with E-state index in [0.717, 1.165) is 33.0 Å². The van der Waals surface area contributed by atoms with Crippen molar-refractivity contribution in [2.45, 2.75) is 0 Å². The van der Waals surface area contributed by atoms with Gasteiger partial charge in [-0.1, -0.05) is 84.9 Å². The van der Waals surface area contributed by atoms with Gasteiger partial charge in [-0.3, -0.25) is 4.79 Å². The standard InChI is InChI=1S/C33H17ClN8O.ClO2S.Cu/c34-25(43)22-14-7-15-23-24(22)33-41-31-21-13-6-5-12-20(21)29(39-31)37-27-17-9-2-1-8-16(17)26(35-27)36-28-18-10-3-4-11-19(18)30(38-28)40-32(23)42-33;1-4(2)3;/h1-15H,(H2,35,36,37,38,39,40,41,42);;. The van der Waals surface area contributed by atoms with Gasteiger partial charge in [0.2, 0.25) is 0 Å². The van der Waals surface area contributed by atoms with Crippen LogP contribution < -0.4 is 0 Å². The number of hydrogen-bond acceptors (Lipinski definition) is 9. The van der Waals surface area contributed by atoms with E-state index in [1.54, 1.807) is 12.1 Å². The molecular formula is C33H17Cl2CuN8O3S. The molecule has 4 aromatic carbocycles. The Morgan fingerprint density at radius 1 is 0.542 bits per heavy atom. The Balaban J connectivity index is 0.000000629. The molecule has 0 unspecified atom stereocenters. The number of carbonyl (C=O) groups excluding carboxylic acids is 1. The number of nitrogens with zero attached hydrogens (tertiary/aromatic N) is 6. The molecule has 0 spiro atoms. The van der Waals surface area contributed by atoms with Crippen molar-refractivity contribution in [2.75, 3.05) is 0 Å². The molecular weight excluding hydrogens is 723 g/mol. The normalized spacial score (nSPS) is 11.9. The van der Waals surface area contributed by atoms with Crippen molar-refractivity contribution >= 4 is 79.1 Å². The van der Waals surface area contributed by atoms with E-state index in [2.05, 4.69) is 35.5 Å². The van der Waals surface area contributed by atoms with Crippen LogP contribution in [0.1, 0.15) is 10.4 Å². The molecule has 11 nitrogen and oxygen atoms in total. The molecule has 0 amide bonds. The Morgan fingerprint density at radius 3 is 1.33 bits per heavy atom. The second-order valence-electron chi connectivity index (χ2n) is 10.6. The fraction of sp³-hybridized carbons (Fsp3) is 0. The fourth-order valence-electron chi connectivity index (χ4n) is 5.85. The van der Waals surface area contributed by atoms with Crippen LogP contribution in [0.5, 0.6) is 0 Å². The summed E-state index contributed by atoms with van der Waals surface area (Å²) < 4.78 is 18.4. The molecule has 2 aliphatic rings. The molecule has 9 rings (SSSR count). The molecule has 48 heavy (non-hydrogen) atoms. The Hall–Kier alpha value is -5.04. The van der Waals surface area contributed by atoms with Gasteiger partial charge in [-0.15, -0.1) is 0 Å². The molecule has 0 aliphatic carbocycles. The molecule has 2 aliphatic heterocycles. The summed E-state index contributed by atoms with van der Waals surface area (Å²) in [5.41, 5.74) is 5.82. The van der Waals surface area contributed by atoms with Crippen molar-refractivity contribution < 1.29 is 28.1 Å². The van der Waals surface area contributed by atoms with Crippen molar-refractivity contribution in [3.05, 3.63) is 96.6 Å². The number of aromatic nitrogens is 8. The van der Waals surface area contributed by atoms with Crippen LogP contribution in [-0.2, 0) is 22.4 Å². The second-order valence-corrected chi connectivity index (χ2v) is 14.9. The minimum atomic E-state index is -3.63. The number of carbonyl (C=O) groups is 1. The molecule has 0 fully saturated rings. The summed E-state index contributed by atoms with van der Waals surface area (Å²) in [4.78, 5) is 48.9. The molecule has 0 saturated heterocycles. The minimum absolute atomic E-state index is 0.315. The summed E-state index contributed by atoms with van der Waals surface area (Å²) in [7, 11) is 0.676. The maximum atomic E-state index is 12.5. The molecule has 15 heteroatoms. The predicted molar refractivity (Wildman–Crippen MR) is 181 cm³/mol. The predicted octanol–water partition coefficient (Wildman–Crippen LogP) is 7.27. The number of nitrogens with one attached hydrogen (secondary N) is 2. The van der Waals surface area contributed by atoms with Crippen LogP contribution in [0.3, 0.4) is 0 Å². The number of H-pyrrole nitrogens is 2. The molecule has 238 valence electrons. The molecule has 0 radical (unpaired) electrons. The number of benzene rings is 4. The first kappa shape index (κ1) is 30.3. The zero-order chi connectivity index (χ0) is 33.2. The number of fused-ring (bicyclic) bond motifs is 20. The van der Waals surface area contributed by atoms with Gasteiger partial charge in [-0.05, 0) is 17.7 Å². The average Bonchev–Trinajstić information content (AvgIpc) is 3.79. The summed E-state index contributed by atoms with van der Waals surface area (Å²) in [5.74, 6) is 1.97. The third-order valence-electron chi connectivity index (χ3n) is 7.79. The van der Waals surface area contributed by atoms with Gasteiger partial charge in [0.1, 0.15) is 22.6 Å². The Kier molecular flexibility index (Phi) is 7.31. The molecule has 0 saturated carbocycles. The van der Waals surface area contributed by atoms with E-state index in [1.807, 2.05) is 78.9 Å². The number of halogens is 2. The summed E-state index contributed by atoms with van der Waals surface area (Å²) in [6, 6.07) is 28.9. The number of aromatic amines is 2. The van der Waals surface area contributed by atoms with Crippen LogP contribution in [0.2, 0.25) is 0 Å². The number of rotatable bonds is 1. The van der Waals surface area contributed by atoms with Crippen LogP contribution in [0, 0.1) is 0 Å². The monoisotopic (exact) mass is 738 g/mol. The van der Waals surface area contributed by atoms with Gasteiger partial charge in [-0.2, -0.15) is 0 Å². The summed E-state index contributed by atoms with van der Waals surface area (Å²) in [6.45, 7) is 0. The van der Waals surface area contributed by atoms with Gasteiger partial charge in [0.25, 0.3) is 5.24 Å². The zero-order valence-electron chi connectivity index (χ0n) is 24.0. The zero-order valence-corrected chi connectivity index (χ0v) is 27.3. The van der Waals surface area contributed by atoms with Gasteiger partial charge in [0.05, 0.1) is 0 Å². The molecule has 5 heterocycles. The van der Waals surface area contributed by atoms with Gasteiger partial charge in [0, 0.05) is 49.4 Å². The summed E-state index contributed by atoms with van der Waals surface area (Å²) in [6.07, 6.45) is 0. The van der Waals surface area contributed by atoms with Crippen molar-refractivity contribution in [1.29, 1.82) is 0 Å². The first-order chi connectivity index (χ1) is 23.1. The van der Waals surface area contributed by atoms with Crippen molar-refractivity contribution in [2.24, 2.45) is 0 Å². The van der Waals surface area contributed by atoms with E-state index < -0.39 is 12.7 Å². The van der Waals surface area contributed by atoms with Crippen LogP contribution in [0.15, 0.2) is 91.0 Å². The molecule has 0 atom stereocenters. The Labute approximate surface area is 287 Å². The van der Waals surface area contributed by atoms with Crippen LogP contribution in [-0.4, -0.2) is 53.5 Å². The van der Waals surface area contributed by atoms with Gasteiger partial charge in [-0.25, -0.2) is 29.9 Å². The Bertz CT molecular complexity index is 2770. The van der Waals surface area contributed by atoms with E-state index in [-0.39, 0.29) is 0 Å². The maximum absolute atomic E-state index is 12.5. The third kappa shape index (κ3) is 5.41.